The third-order valence-electron chi connectivity index (χ3n) is 7.64. The molecule has 0 atom stereocenters. The summed E-state index contributed by atoms with van der Waals surface area (Å²) in [6.45, 7) is 2.22. The van der Waals surface area contributed by atoms with E-state index in [-0.39, 0.29) is 5.91 Å². The van der Waals surface area contributed by atoms with Crippen LogP contribution >= 0.6 is 10.0 Å². The first-order valence-corrected chi connectivity index (χ1v) is 16.5. The molecule has 2 heterocycles. The van der Waals surface area contributed by atoms with Gasteiger partial charge in [0, 0.05) is 67.9 Å². The molecule has 0 saturated carbocycles. The third-order valence-corrected chi connectivity index (χ3v) is 10.5. The van der Waals surface area contributed by atoms with Gasteiger partial charge in [-0.2, -0.15) is 10.0 Å². The fraction of sp³-hybridized carbons (Fsp3) is 0.303. The zero-order chi connectivity index (χ0) is 30.0. The van der Waals surface area contributed by atoms with Crippen LogP contribution in [0, 0.1) is 6.92 Å². The number of nitrogens with one attached hydrogen (secondary N) is 1. The normalized spacial score (nSPS) is 13.9. The summed E-state index contributed by atoms with van der Waals surface area (Å²) in [6, 6.07) is 21.4. The molecule has 0 fully saturated rings. The van der Waals surface area contributed by atoms with Crippen molar-refractivity contribution < 1.29 is 4.79 Å². The molecule has 1 aromatic heterocycles. The van der Waals surface area contributed by atoms with Crippen molar-refractivity contribution in [3.63, 3.8) is 0 Å². The summed E-state index contributed by atoms with van der Waals surface area (Å²) >= 11 is 0. The third kappa shape index (κ3) is 6.01. The van der Waals surface area contributed by atoms with Crippen molar-refractivity contribution in [2.24, 2.45) is 0 Å². The molecule has 1 amide bonds. The van der Waals surface area contributed by atoms with Crippen LogP contribution in [0.15, 0.2) is 76.5 Å². The standard InChI is InChI=1S/C33H39N7OS/c1-22-35-37-33(38-36-22)24-13-11-23(12-14-24)21-34-32(41)10-8-9-27-28-17-15-25(39(2)3)19-30(28)42(6,7)31-20-26(40(4)5)16-18-29(27)31/h9,11-20H,8,10,21H2,1-7H3,(H,34,41). The van der Waals surface area contributed by atoms with Gasteiger partial charge in [-0.3, -0.25) is 4.79 Å². The number of anilines is 2. The Morgan fingerprint density at radius 3 is 1.88 bits per heavy atom. The largest absolute Gasteiger partial charge is 0.378 e. The summed E-state index contributed by atoms with van der Waals surface area (Å²) in [5.74, 6) is 1.04. The molecule has 8 nitrogen and oxygen atoms in total. The maximum absolute atomic E-state index is 12.8. The van der Waals surface area contributed by atoms with E-state index < -0.39 is 10.0 Å². The Balaban J connectivity index is 1.31. The fourth-order valence-electron chi connectivity index (χ4n) is 5.15. The maximum Gasteiger partial charge on any atom is 0.220 e. The predicted molar refractivity (Wildman–Crippen MR) is 173 cm³/mol. The summed E-state index contributed by atoms with van der Waals surface area (Å²) < 4.78 is 0. The maximum atomic E-state index is 12.8. The minimum absolute atomic E-state index is 0.0271. The Morgan fingerprint density at radius 1 is 0.810 bits per heavy atom. The molecule has 1 aliphatic rings. The van der Waals surface area contributed by atoms with E-state index in [0.717, 1.165) is 11.1 Å². The number of hydrogen-bond donors (Lipinski definition) is 1. The van der Waals surface area contributed by atoms with E-state index in [4.69, 9.17) is 0 Å². The van der Waals surface area contributed by atoms with Crippen LogP contribution in [-0.2, 0) is 11.3 Å². The first-order chi connectivity index (χ1) is 20.0. The number of nitrogens with zero attached hydrogens (tertiary/aromatic N) is 6. The Hall–Kier alpha value is -4.24. The highest BCUT2D eigenvalue weighted by molar-refractivity contribution is 8.32. The highest BCUT2D eigenvalue weighted by Crippen LogP contribution is 2.65. The number of allylic oxidation sites excluding steroid dienone is 1. The van der Waals surface area contributed by atoms with Crippen molar-refractivity contribution in [1.29, 1.82) is 0 Å². The van der Waals surface area contributed by atoms with E-state index in [1.54, 1.807) is 6.92 Å². The van der Waals surface area contributed by atoms with Gasteiger partial charge in [0.25, 0.3) is 0 Å². The average molecular weight is 582 g/mol. The molecule has 0 saturated heterocycles. The summed E-state index contributed by atoms with van der Waals surface area (Å²) in [5.41, 5.74) is 8.01. The fourth-order valence-corrected chi connectivity index (χ4v) is 7.68. The number of carbonyl (C=O) groups is 1. The summed E-state index contributed by atoms with van der Waals surface area (Å²) in [4.78, 5) is 19.9. The molecule has 1 N–H and O–H groups in total. The molecule has 0 spiro atoms. The topological polar surface area (TPSA) is 87.1 Å². The molecule has 9 heteroatoms. The van der Waals surface area contributed by atoms with Crippen molar-refractivity contribution in [2.45, 2.75) is 36.1 Å². The van der Waals surface area contributed by atoms with Gasteiger partial charge in [0.05, 0.1) is 0 Å². The van der Waals surface area contributed by atoms with Crippen LogP contribution < -0.4 is 15.1 Å². The molecule has 42 heavy (non-hydrogen) atoms. The lowest BCUT2D eigenvalue weighted by Crippen LogP contribution is -2.22. The summed E-state index contributed by atoms with van der Waals surface area (Å²) in [6.07, 6.45) is 8.10. The summed E-state index contributed by atoms with van der Waals surface area (Å²) in [5, 5.41) is 19.2. The van der Waals surface area contributed by atoms with Crippen molar-refractivity contribution >= 4 is 32.9 Å². The van der Waals surface area contributed by atoms with Crippen molar-refractivity contribution in [1.82, 2.24) is 25.7 Å². The van der Waals surface area contributed by atoms with Crippen LogP contribution in [0.5, 0.6) is 0 Å². The van der Waals surface area contributed by atoms with Crippen molar-refractivity contribution in [2.75, 3.05) is 50.5 Å². The molecule has 0 aliphatic carbocycles. The Morgan fingerprint density at radius 2 is 1.36 bits per heavy atom. The molecule has 0 unspecified atom stereocenters. The van der Waals surface area contributed by atoms with E-state index in [1.165, 1.54) is 37.9 Å². The number of carbonyl (C=O) groups excluding carboxylic acids is 1. The Bertz CT molecular complexity index is 1560. The second-order valence-corrected chi connectivity index (χ2v) is 14.9. The molecule has 218 valence electrons. The van der Waals surface area contributed by atoms with Gasteiger partial charge in [-0.25, -0.2) is 0 Å². The van der Waals surface area contributed by atoms with Gasteiger partial charge < -0.3 is 15.1 Å². The Kier molecular flexibility index (Phi) is 8.31. The van der Waals surface area contributed by atoms with Gasteiger partial charge in [0.15, 0.2) is 5.82 Å². The second-order valence-electron chi connectivity index (χ2n) is 11.4. The lowest BCUT2D eigenvalue weighted by molar-refractivity contribution is -0.121. The lowest BCUT2D eigenvalue weighted by atomic mass is 9.95. The zero-order valence-corrected chi connectivity index (χ0v) is 26.3. The predicted octanol–water partition coefficient (Wildman–Crippen LogP) is 5.70. The van der Waals surface area contributed by atoms with E-state index in [1.807, 2.05) is 24.3 Å². The zero-order valence-electron chi connectivity index (χ0n) is 25.5. The smallest absolute Gasteiger partial charge is 0.220 e. The first kappa shape index (κ1) is 29.3. The highest BCUT2D eigenvalue weighted by atomic mass is 32.3. The minimum Gasteiger partial charge on any atom is -0.378 e. The van der Waals surface area contributed by atoms with Gasteiger partial charge >= 0.3 is 0 Å². The number of rotatable bonds is 8. The SMILES string of the molecule is Cc1nnc(-c2ccc(CNC(=O)CCC=C3c4ccc(N(C)C)cc4S(C)(C)c4cc(N(C)C)ccc43)cc2)nn1. The van der Waals surface area contributed by atoms with Crippen LogP contribution in [0.2, 0.25) is 0 Å². The molecule has 4 aromatic rings. The van der Waals surface area contributed by atoms with Crippen LogP contribution in [0.4, 0.5) is 11.4 Å². The van der Waals surface area contributed by atoms with E-state index in [0.29, 0.717) is 31.0 Å². The van der Waals surface area contributed by atoms with Gasteiger partial charge in [-0.15, -0.1) is 20.4 Å². The molecular formula is C33H39N7OS. The van der Waals surface area contributed by atoms with Gasteiger partial charge in [-0.05, 0) is 72.4 Å². The van der Waals surface area contributed by atoms with Gasteiger partial charge in [0.1, 0.15) is 0 Å². The molecule has 0 bridgehead atoms. The van der Waals surface area contributed by atoms with Crippen LogP contribution in [0.3, 0.4) is 0 Å². The monoisotopic (exact) mass is 581 g/mol. The van der Waals surface area contributed by atoms with E-state index in [2.05, 4.69) is 119 Å². The first-order valence-electron chi connectivity index (χ1n) is 14.0. The number of aryl methyl sites for hydroxylation is 1. The van der Waals surface area contributed by atoms with Crippen molar-refractivity contribution in [3.05, 3.63) is 89.3 Å². The number of aromatic nitrogens is 4. The quantitative estimate of drug-likeness (QED) is 0.286. The lowest BCUT2D eigenvalue weighted by Gasteiger charge is -2.42. The highest BCUT2D eigenvalue weighted by Gasteiger charge is 2.32. The molecule has 5 rings (SSSR count). The van der Waals surface area contributed by atoms with Crippen LogP contribution in [0.1, 0.15) is 35.4 Å². The second kappa shape index (κ2) is 11.9. The molecular weight excluding hydrogens is 542 g/mol. The summed E-state index contributed by atoms with van der Waals surface area (Å²) in [7, 11) is 7.10. The van der Waals surface area contributed by atoms with E-state index in [9.17, 15) is 4.79 Å². The van der Waals surface area contributed by atoms with Gasteiger partial charge in [-0.1, -0.05) is 42.5 Å². The molecule has 3 aromatic carbocycles. The van der Waals surface area contributed by atoms with Crippen LogP contribution in [0.25, 0.3) is 17.0 Å². The number of benzene rings is 3. The minimum atomic E-state index is -1.24. The number of fused-ring (bicyclic) bond motifs is 2. The Labute approximate surface area is 250 Å². The molecule has 0 radical (unpaired) electrons. The van der Waals surface area contributed by atoms with E-state index >= 15 is 0 Å². The number of amides is 1. The average Bonchev–Trinajstić information content (AvgIpc) is 2.98. The molecule has 1 aliphatic heterocycles. The van der Waals surface area contributed by atoms with Gasteiger partial charge in [0.2, 0.25) is 11.7 Å². The van der Waals surface area contributed by atoms with Crippen LogP contribution in [-0.4, -0.2) is 67.0 Å². The number of hydrogen-bond acceptors (Lipinski definition) is 7. The van der Waals surface area contributed by atoms with Crippen molar-refractivity contribution in [3.8, 4) is 11.4 Å².